The Morgan fingerprint density at radius 3 is 2.37 bits per heavy atom. The third-order valence-electron chi connectivity index (χ3n) is 3.18. The van der Waals surface area contributed by atoms with E-state index in [4.69, 9.17) is 5.73 Å². The summed E-state index contributed by atoms with van der Waals surface area (Å²) in [5, 5.41) is 0. The molecule has 2 N–H and O–H groups in total. The number of rotatable bonds is 4. The Balaban J connectivity index is 2.09. The zero-order chi connectivity index (χ0) is 13.8. The van der Waals surface area contributed by atoms with Crippen LogP contribution in [0.5, 0.6) is 0 Å². The standard InChI is InChI=1S/C16H19BrN2/c1-19(2)15-8-6-13(7-9-15)16(18)11-12-4-3-5-14(17)10-12/h3-10,16H,11,18H2,1-2H3. The Bertz CT molecular complexity index is 535. The lowest BCUT2D eigenvalue weighted by atomic mass is 9.99. The van der Waals surface area contributed by atoms with Gasteiger partial charge in [0.15, 0.2) is 0 Å². The monoisotopic (exact) mass is 318 g/mol. The highest BCUT2D eigenvalue weighted by atomic mass is 79.9. The Morgan fingerprint density at radius 2 is 1.79 bits per heavy atom. The highest BCUT2D eigenvalue weighted by Crippen LogP contribution is 2.21. The van der Waals surface area contributed by atoms with Gasteiger partial charge in [-0.25, -0.2) is 0 Å². The number of benzene rings is 2. The largest absolute Gasteiger partial charge is 0.378 e. The molecule has 0 saturated carbocycles. The fourth-order valence-electron chi connectivity index (χ4n) is 2.06. The van der Waals surface area contributed by atoms with Crippen LogP contribution in [-0.4, -0.2) is 14.1 Å². The molecule has 100 valence electrons. The average molecular weight is 319 g/mol. The Morgan fingerprint density at radius 1 is 1.11 bits per heavy atom. The molecule has 0 saturated heterocycles. The Labute approximate surface area is 123 Å². The minimum absolute atomic E-state index is 0.0329. The van der Waals surface area contributed by atoms with E-state index in [1.54, 1.807) is 0 Å². The summed E-state index contributed by atoms with van der Waals surface area (Å²) in [6, 6.07) is 16.8. The molecule has 0 aromatic heterocycles. The lowest BCUT2D eigenvalue weighted by molar-refractivity contribution is 0.721. The van der Waals surface area contributed by atoms with Gasteiger partial charge in [-0.15, -0.1) is 0 Å². The summed E-state index contributed by atoms with van der Waals surface area (Å²) in [5.74, 6) is 0. The van der Waals surface area contributed by atoms with E-state index in [1.807, 2.05) is 26.2 Å². The maximum atomic E-state index is 6.27. The lowest BCUT2D eigenvalue weighted by Gasteiger charge is -2.16. The first kappa shape index (κ1) is 14.1. The summed E-state index contributed by atoms with van der Waals surface area (Å²) in [6.45, 7) is 0. The van der Waals surface area contributed by atoms with Crippen LogP contribution in [0.25, 0.3) is 0 Å². The van der Waals surface area contributed by atoms with Crippen LogP contribution < -0.4 is 10.6 Å². The van der Waals surface area contributed by atoms with Crippen LogP contribution in [0.3, 0.4) is 0 Å². The average Bonchev–Trinajstić information content (AvgIpc) is 2.39. The molecular formula is C16H19BrN2. The van der Waals surface area contributed by atoms with Gasteiger partial charge in [-0.05, 0) is 41.8 Å². The summed E-state index contributed by atoms with van der Waals surface area (Å²) in [5.41, 5.74) is 9.89. The molecule has 0 fully saturated rings. The second-order valence-electron chi connectivity index (χ2n) is 4.93. The second kappa shape index (κ2) is 6.22. The summed E-state index contributed by atoms with van der Waals surface area (Å²) in [7, 11) is 4.08. The molecule has 1 unspecified atom stereocenters. The summed E-state index contributed by atoms with van der Waals surface area (Å²) in [4.78, 5) is 2.09. The normalized spacial score (nSPS) is 12.2. The summed E-state index contributed by atoms with van der Waals surface area (Å²) >= 11 is 3.49. The van der Waals surface area contributed by atoms with Crippen molar-refractivity contribution in [2.24, 2.45) is 5.73 Å². The van der Waals surface area contributed by atoms with Gasteiger partial charge >= 0.3 is 0 Å². The van der Waals surface area contributed by atoms with E-state index in [1.165, 1.54) is 16.8 Å². The van der Waals surface area contributed by atoms with E-state index in [0.717, 1.165) is 10.9 Å². The van der Waals surface area contributed by atoms with Crippen molar-refractivity contribution in [1.29, 1.82) is 0 Å². The Kier molecular flexibility index (Phi) is 4.61. The predicted octanol–water partition coefficient (Wildman–Crippen LogP) is 3.76. The number of nitrogens with zero attached hydrogens (tertiary/aromatic N) is 1. The number of hydrogen-bond acceptors (Lipinski definition) is 2. The van der Waals surface area contributed by atoms with Crippen LogP contribution in [0, 0.1) is 0 Å². The smallest absolute Gasteiger partial charge is 0.0361 e. The molecule has 2 rings (SSSR count). The van der Waals surface area contributed by atoms with E-state index in [-0.39, 0.29) is 6.04 Å². The molecule has 0 aliphatic heterocycles. The zero-order valence-electron chi connectivity index (χ0n) is 11.3. The van der Waals surface area contributed by atoms with Crippen molar-refractivity contribution in [1.82, 2.24) is 0 Å². The van der Waals surface area contributed by atoms with Crippen LogP contribution in [0.15, 0.2) is 53.0 Å². The quantitative estimate of drug-likeness (QED) is 0.930. The van der Waals surface area contributed by atoms with Gasteiger partial charge in [0.05, 0.1) is 0 Å². The van der Waals surface area contributed by atoms with Crippen LogP contribution >= 0.6 is 15.9 Å². The van der Waals surface area contributed by atoms with Gasteiger partial charge < -0.3 is 10.6 Å². The molecule has 2 nitrogen and oxygen atoms in total. The molecule has 19 heavy (non-hydrogen) atoms. The molecule has 1 atom stereocenters. The molecule has 0 aliphatic rings. The number of halogens is 1. The van der Waals surface area contributed by atoms with Crippen LogP contribution in [0.1, 0.15) is 17.2 Å². The second-order valence-corrected chi connectivity index (χ2v) is 5.84. The lowest BCUT2D eigenvalue weighted by Crippen LogP contribution is -2.14. The molecule has 0 bridgehead atoms. The third-order valence-corrected chi connectivity index (χ3v) is 3.68. The number of nitrogens with two attached hydrogens (primary N) is 1. The highest BCUT2D eigenvalue weighted by Gasteiger charge is 2.07. The van der Waals surface area contributed by atoms with Gasteiger partial charge in [-0.1, -0.05) is 40.2 Å². The van der Waals surface area contributed by atoms with Gasteiger partial charge in [0.25, 0.3) is 0 Å². The summed E-state index contributed by atoms with van der Waals surface area (Å²) in [6.07, 6.45) is 0.848. The van der Waals surface area contributed by atoms with E-state index in [2.05, 4.69) is 57.2 Å². The van der Waals surface area contributed by atoms with Crippen LogP contribution in [-0.2, 0) is 6.42 Å². The van der Waals surface area contributed by atoms with Crippen LogP contribution in [0.4, 0.5) is 5.69 Å². The molecule has 0 amide bonds. The fourth-order valence-corrected chi connectivity index (χ4v) is 2.50. The molecular weight excluding hydrogens is 300 g/mol. The topological polar surface area (TPSA) is 29.3 Å². The Hall–Kier alpha value is -1.32. The SMILES string of the molecule is CN(C)c1ccc(C(N)Cc2cccc(Br)c2)cc1. The third kappa shape index (κ3) is 3.82. The van der Waals surface area contributed by atoms with Crippen molar-refractivity contribution in [2.45, 2.75) is 12.5 Å². The predicted molar refractivity (Wildman–Crippen MR) is 85.5 cm³/mol. The van der Waals surface area contributed by atoms with Gasteiger partial charge in [-0.2, -0.15) is 0 Å². The minimum Gasteiger partial charge on any atom is -0.378 e. The highest BCUT2D eigenvalue weighted by molar-refractivity contribution is 9.10. The number of anilines is 1. The van der Waals surface area contributed by atoms with Gasteiger partial charge in [-0.3, -0.25) is 0 Å². The number of hydrogen-bond donors (Lipinski definition) is 1. The maximum Gasteiger partial charge on any atom is 0.0361 e. The maximum absolute atomic E-state index is 6.27. The first-order chi connectivity index (χ1) is 9.06. The van der Waals surface area contributed by atoms with E-state index < -0.39 is 0 Å². The fraction of sp³-hybridized carbons (Fsp3) is 0.250. The minimum atomic E-state index is 0.0329. The summed E-state index contributed by atoms with van der Waals surface area (Å²) < 4.78 is 1.10. The van der Waals surface area contributed by atoms with Crippen molar-refractivity contribution in [3.8, 4) is 0 Å². The van der Waals surface area contributed by atoms with Crippen LogP contribution in [0.2, 0.25) is 0 Å². The van der Waals surface area contributed by atoms with E-state index in [9.17, 15) is 0 Å². The molecule has 3 heteroatoms. The molecule has 2 aromatic rings. The van der Waals surface area contributed by atoms with Gasteiger partial charge in [0.2, 0.25) is 0 Å². The van der Waals surface area contributed by atoms with Crippen molar-refractivity contribution >= 4 is 21.6 Å². The molecule has 2 aromatic carbocycles. The van der Waals surface area contributed by atoms with Crippen molar-refractivity contribution in [2.75, 3.05) is 19.0 Å². The van der Waals surface area contributed by atoms with Crippen molar-refractivity contribution in [3.05, 3.63) is 64.1 Å². The molecule has 0 radical (unpaired) electrons. The van der Waals surface area contributed by atoms with Gasteiger partial charge in [0, 0.05) is 30.3 Å². The van der Waals surface area contributed by atoms with Crippen molar-refractivity contribution in [3.63, 3.8) is 0 Å². The molecule has 0 heterocycles. The zero-order valence-corrected chi connectivity index (χ0v) is 12.9. The molecule has 0 spiro atoms. The van der Waals surface area contributed by atoms with Gasteiger partial charge in [0.1, 0.15) is 0 Å². The first-order valence-electron chi connectivity index (χ1n) is 6.33. The van der Waals surface area contributed by atoms with E-state index >= 15 is 0 Å². The van der Waals surface area contributed by atoms with Crippen molar-refractivity contribution < 1.29 is 0 Å². The molecule has 0 aliphatic carbocycles. The van der Waals surface area contributed by atoms with E-state index in [0.29, 0.717) is 0 Å². The first-order valence-corrected chi connectivity index (χ1v) is 7.13.